The lowest BCUT2D eigenvalue weighted by atomic mass is 10.0. The Labute approximate surface area is 227 Å². The van der Waals surface area contributed by atoms with E-state index in [0.29, 0.717) is 16.6 Å². The Morgan fingerprint density at radius 3 is 2.11 bits per heavy atom. The van der Waals surface area contributed by atoms with Gasteiger partial charge in [-0.05, 0) is 52.9 Å². The Bertz CT molecular complexity index is 1530. The molecule has 0 aliphatic heterocycles. The number of carbonyl (C=O) groups is 1. The molecule has 5 rings (SSSR count). The second kappa shape index (κ2) is 11.5. The summed E-state index contributed by atoms with van der Waals surface area (Å²) in [6.07, 6.45) is 0. The number of hydrogen-bond donors (Lipinski definition) is 0. The minimum Gasteiger partial charge on any atom is -0.497 e. The highest BCUT2D eigenvalue weighted by Crippen LogP contribution is 2.33. The van der Waals surface area contributed by atoms with E-state index < -0.39 is 0 Å². The molecule has 0 N–H and O–H groups in total. The van der Waals surface area contributed by atoms with E-state index in [4.69, 9.17) is 4.74 Å². The predicted molar refractivity (Wildman–Crippen MR) is 154 cm³/mol. The van der Waals surface area contributed by atoms with Crippen molar-refractivity contribution in [2.24, 2.45) is 0 Å². The van der Waals surface area contributed by atoms with Crippen molar-refractivity contribution in [2.45, 2.75) is 24.9 Å². The van der Waals surface area contributed by atoms with Gasteiger partial charge >= 0.3 is 0 Å². The van der Waals surface area contributed by atoms with Gasteiger partial charge in [0.25, 0.3) is 0 Å². The topological polar surface area (TPSA) is 57.0 Å². The van der Waals surface area contributed by atoms with Gasteiger partial charge in [0.1, 0.15) is 5.75 Å². The molecule has 0 unspecified atom stereocenters. The number of ketones is 1. The first-order valence-corrected chi connectivity index (χ1v) is 13.5. The summed E-state index contributed by atoms with van der Waals surface area (Å²) in [5.41, 5.74) is 6.02. The summed E-state index contributed by atoms with van der Waals surface area (Å²) in [6.45, 7) is 4.34. The van der Waals surface area contributed by atoms with Crippen LogP contribution >= 0.6 is 11.8 Å². The number of rotatable bonds is 9. The van der Waals surface area contributed by atoms with Gasteiger partial charge in [-0.1, -0.05) is 98.4 Å². The monoisotopic (exact) mass is 519 g/mol. The Hall–Kier alpha value is -4.16. The molecule has 0 fully saturated rings. The van der Waals surface area contributed by atoms with Crippen LogP contribution in [-0.4, -0.2) is 33.4 Å². The number of aromatic nitrogens is 3. The van der Waals surface area contributed by atoms with Gasteiger partial charge in [0, 0.05) is 11.1 Å². The molecular weight excluding hydrogens is 490 g/mol. The van der Waals surface area contributed by atoms with Gasteiger partial charge < -0.3 is 4.74 Å². The Morgan fingerprint density at radius 2 is 1.42 bits per heavy atom. The fraction of sp³-hybridized carbons (Fsp3) is 0.156. The van der Waals surface area contributed by atoms with Gasteiger partial charge in [-0.15, -0.1) is 10.2 Å². The first-order chi connectivity index (χ1) is 18.5. The largest absolute Gasteiger partial charge is 0.497 e. The van der Waals surface area contributed by atoms with E-state index in [1.807, 2.05) is 78.9 Å². The maximum atomic E-state index is 13.1. The molecule has 0 aliphatic rings. The smallest absolute Gasteiger partial charge is 0.196 e. The Balaban J connectivity index is 1.44. The van der Waals surface area contributed by atoms with E-state index >= 15 is 0 Å². The van der Waals surface area contributed by atoms with Gasteiger partial charge in [-0.2, -0.15) is 0 Å². The van der Waals surface area contributed by atoms with Crippen molar-refractivity contribution in [3.05, 3.63) is 114 Å². The first-order valence-electron chi connectivity index (χ1n) is 12.6. The van der Waals surface area contributed by atoms with Crippen LogP contribution in [0.3, 0.4) is 0 Å². The Kier molecular flexibility index (Phi) is 7.70. The molecule has 4 aromatic carbocycles. The van der Waals surface area contributed by atoms with Crippen LogP contribution in [0.2, 0.25) is 0 Å². The first kappa shape index (κ1) is 25.5. The van der Waals surface area contributed by atoms with Crippen molar-refractivity contribution in [1.29, 1.82) is 0 Å². The molecule has 1 heterocycles. The maximum absolute atomic E-state index is 13.1. The number of methoxy groups -OCH3 is 1. The number of thioether (sulfide) groups is 1. The van der Waals surface area contributed by atoms with Crippen molar-refractivity contribution in [3.8, 4) is 34.0 Å². The lowest BCUT2D eigenvalue weighted by molar-refractivity contribution is 0.102. The average Bonchev–Trinajstić information content (AvgIpc) is 3.40. The van der Waals surface area contributed by atoms with Gasteiger partial charge in [0.15, 0.2) is 16.8 Å². The van der Waals surface area contributed by atoms with Crippen molar-refractivity contribution >= 4 is 17.5 Å². The van der Waals surface area contributed by atoms with Gasteiger partial charge in [-0.25, -0.2) is 0 Å². The summed E-state index contributed by atoms with van der Waals surface area (Å²) in [5.74, 6) is 2.12. The summed E-state index contributed by atoms with van der Waals surface area (Å²) >= 11 is 1.40. The molecule has 0 radical (unpaired) electrons. The van der Waals surface area contributed by atoms with E-state index in [-0.39, 0.29) is 11.5 Å². The molecule has 0 bridgehead atoms. The SMILES string of the molecule is COc1ccc(-c2nnc(SCC(=O)c3ccc(-c4ccccc4)cc3)n2-c2ccccc2C(C)C)cc1. The molecule has 38 heavy (non-hydrogen) atoms. The maximum Gasteiger partial charge on any atom is 0.196 e. The van der Waals surface area contributed by atoms with Crippen LogP contribution in [0.15, 0.2) is 108 Å². The molecule has 0 atom stereocenters. The minimum atomic E-state index is 0.0484. The molecular formula is C32H29N3O2S. The van der Waals surface area contributed by atoms with Crippen LogP contribution in [0.4, 0.5) is 0 Å². The van der Waals surface area contributed by atoms with Crippen LogP contribution in [0, 0.1) is 0 Å². The van der Waals surface area contributed by atoms with Gasteiger partial charge in [0.05, 0.1) is 18.6 Å². The summed E-state index contributed by atoms with van der Waals surface area (Å²) in [7, 11) is 1.65. The van der Waals surface area contributed by atoms with Gasteiger partial charge in [0.2, 0.25) is 0 Å². The van der Waals surface area contributed by atoms with Crippen LogP contribution in [-0.2, 0) is 0 Å². The summed E-state index contributed by atoms with van der Waals surface area (Å²) < 4.78 is 7.39. The van der Waals surface area contributed by atoms with Crippen LogP contribution in [0.5, 0.6) is 5.75 Å². The summed E-state index contributed by atoms with van der Waals surface area (Å²) in [6, 6.07) is 34.0. The zero-order valence-electron chi connectivity index (χ0n) is 21.7. The number of carbonyl (C=O) groups excluding carboxylic acids is 1. The fourth-order valence-corrected chi connectivity index (χ4v) is 5.22. The third-order valence-corrected chi connectivity index (χ3v) is 7.36. The lowest BCUT2D eigenvalue weighted by Gasteiger charge is -2.17. The quantitative estimate of drug-likeness (QED) is 0.147. The molecule has 1 aromatic heterocycles. The second-order valence-corrected chi connectivity index (χ2v) is 10.2. The van der Waals surface area contributed by atoms with Crippen LogP contribution in [0.25, 0.3) is 28.2 Å². The number of nitrogens with zero attached hydrogens (tertiary/aromatic N) is 3. The number of para-hydroxylation sites is 1. The van der Waals surface area contributed by atoms with Crippen molar-refractivity contribution in [1.82, 2.24) is 14.8 Å². The molecule has 5 aromatic rings. The predicted octanol–water partition coefficient (Wildman–Crippen LogP) is 7.71. The van der Waals surface area contributed by atoms with Crippen LogP contribution in [0.1, 0.15) is 35.7 Å². The van der Waals surface area contributed by atoms with E-state index in [2.05, 4.69) is 52.9 Å². The number of ether oxygens (including phenoxy) is 1. The molecule has 0 spiro atoms. The van der Waals surface area contributed by atoms with Crippen LogP contribution < -0.4 is 4.74 Å². The average molecular weight is 520 g/mol. The normalized spacial score (nSPS) is 11.1. The zero-order valence-corrected chi connectivity index (χ0v) is 22.5. The molecule has 6 heteroatoms. The molecule has 0 amide bonds. The summed E-state index contributed by atoms with van der Waals surface area (Å²) in [5, 5.41) is 9.76. The molecule has 0 saturated carbocycles. The second-order valence-electron chi connectivity index (χ2n) is 9.24. The minimum absolute atomic E-state index is 0.0484. The fourth-order valence-electron chi connectivity index (χ4n) is 4.38. The molecule has 0 aliphatic carbocycles. The molecule has 0 saturated heterocycles. The van der Waals surface area contributed by atoms with E-state index in [1.54, 1.807) is 7.11 Å². The van der Waals surface area contributed by atoms with Crippen molar-refractivity contribution in [2.75, 3.05) is 12.9 Å². The number of benzene rings is 4. The highest BCUT2D eigenvalue weighted by atomic mass is 32.2. The van der Waals surface area contributed by atoms with Gasteiger partial charge in [-0.3, -0.25) is 9.36 Å². The van der Waals surface area contributed by atoms with E-state index in [0.717, 1.165) is 34.0 Å². The third-order valence-electron chi connectivity index (χ3n) is 6.43. The number of hydrogen-bond acceptors (Lipinski definition) is 5. The third kappa shape index (κ3) is 5.41. The standard InChI is InChI=1S/C32H29N3O2S/c1-22(2)28-11-7-8-12-29(28)35-31(26-17-19-27(37-3)20-18-26)33-34-32(35)38-21-30(36)25-15-13-24(14-16-25)23-9-5-4-6-10-23/h4-20,22H,21H2,1-3H3. The van der Waals surface area contributed by atoms with Crippen molar-refractivity contribution in [3.63, 3.8) is 0 Å². The summed E-state index contributed by atoms with van der Waals surface area (Å²) in [4.78, 5) is 13.1. The highest BCUT2D eigenvalue weighted by molar-refractivity contribution is 7.99. The van der Waals surface area contributed by atoms with Crippen molar-refractivity contribution < 1.29 is 9.53 Å². The number of Topliss-reactive ketones (excluding diaryl/α,β-unsaturated/α-hetero) is 1. The lowest BCUT2D eigenvalue weighted by Crippen LogP contribution is -2.07. The van der Waals surface area contributed by atoms with E-state index in [1.165, 1.54) is 17.3 Å². The Morgan fingerprint density at radius 1 is 0.789 bits per heavy atom. The molecule has 5 nitrogen and oxygen atoms in total. The van der Waals surface area contributed by atoms with E-state index in [9.17, 15) is 4.79 Å². The highest BCUT2D eigenvalue weighted by Gasteiger charge is 2.20. The zero-order chi connectivity index (χ0) is 26.5. The molecule has 190 valence electrons.